The zero-order valence-corrected chi connectivity index (χ0v) is 10.7. The normalized spacial score (nSPS) is 24.8. The van der Waals surface area contributed by atoms with Gasteiger partial charge in [-0.05, 0) is 18.3 Å². The lowest BCUT2D eigenvalue weighted by atomic mass is 9.92. The summed E-state index contributed by atoms with van der Waals surface area (Å²) in [6, 6.07) is 0. The van der Waals surface area contributed by atoms with Crippen LogP contribution in [0.1, 0.15) is 20.3 Å². The summed E-state index contributed by atoms with van der Waals surface area (Å²) >= 11 is 0. The summed E-state index contributed by atoms with van der Waals surface area (Å²) in [5.41, 5.74) is 5.81. The fourth-order valence-electron chi connectivity index (χ4n) is 2.63. The minimum absolute atomic E-state index is 0.406. The van der Waals surface area contributed by atoms with Gasteiger partial charge in [0.25, 0.3) is 0 Å². The van der Waals surface area contributed by atoms with Crippen LogP contribution >= 0.6 is 0 Å². The molecule has 0 amide bonds. The zero-order valence-electron chi connectivity index (χ0n) is 10.7. The van der Waals surface area contributed by atoms with Crippen molar-refractivity contribution >= 4 is 11.6 Å². The smallest absolute Gasteiger partial charge is 0.204 e. The lowest BCUT2D eigenvalue weighted by molar-refractivity contribution is 0.349. The molecule has 1 aromatic rings. The van der Waals surface area contributed by atoms with Gasteiger partial charge in [0.2, 0.25) is 5.75 Å². The molecule has 2 unspecified atom stereocenters. The van der Waals surface area contributed by atoms with E-state index in [9.17, 15) is 0 Å². The summed E-state index contributed by atoms with van der Waals surface area (Å²) < 4.78 is 5.31. The van der Waals surface area contributed by atoms with Gasteiger partial charge in [-0.3, -0.25) is 0 Å². The van der Waals surface area contributed by atoms with Gasteiger partial charge in [-0.2, -0.15) is 0 Å². The van der Waals surface area contributed by atoms with E-state index in [-0.39, 0.29) is 0 Å². The van der Waals surface area contributed by atoms with E-state index in [1.807, 2.05) is 0 Å². The molecule has 94 valence electrons. The Bertz CT molecular complexity index is 386. The average molecular weight is 236 g/mol. The van der Waals surface area contributed by atoms with Gasteiger partial charge in [-0.15, -0.1) is 0 Å². The van der Waals surface area contributed by atoms with Gasteiger partial charge in [0.1, 0.15) is 6.33 Å². The highest BCUT2D eigenvalue weighted by atomic mass is 16.5. The first kappa shape index (κ1) is 12.0. The van der Waals surface area contributed by atoms with Crippen molar-refractivity contribution in [3.8, 4) is 5.75 Å². The molecule has 2 rings (SSSR count). The molecule has 17 heavy (non-hydrogen) atoms. The Labute approximate surface area is 102 Å². The van der Waals surface area contributed by atoms with Crippen LogP contribution in [-0.2, 0) is 0 Å². The number of hydrogen-bond donors (Lipinski definition) is 1. The van der Waals surface area contributed by atoms with E-state index in [1.54, 1.807) is 7.11 Å². The number of rotatable bonds is 2. The standard InChI is InChI=1S/C12H20N4O/c1-8-4-9(2)6-16(5-8)12-10(17-3)11(13)14-7-15-12/h7-9H,4-6H2,1-3H3,(H2,13,14,15). The summed E-state index contributed by atoms with van der Waals surface area (Å²) in [6.45, 7) is 6.52. The predicted octanol–water partition coefficient (Wildman–Crippen LogP) is 1.55. The maximum absolute atomic E-state index is 5.81. The lowest BCUT2D eigenvalue weighted by Gasteiger charge is -2.36. The Hall–Kier alpha value is -1.52. The fourth-order valence-corrected chi connectivity index (χ4v) is 2.63. The van der Waals surface area contributed by atoms with Gasteiger partial charge in [0.05, 0.1) is 7.11 Å². The van der Waals surface area contributed by atoms with Crippen LogP contribution in [0.4, 0.5) is 11.6 Å². The van der Waals surface area contributed by atoms with Gasteiger partial charge >= 0.3 is 0 Å². The van der Waals surface area contributed by atoms with E-state index in [4.69, 9.17) is 10.5 Å². The summed E-state index contributed by atoms with van der Waals surface area (Å²) in [5.74, 6) is 3.15. The minimum atomic E-state index is 0.406. The predicted molar refractivity (Wildman–Crippen MR) is 68.2 cm³/mol. The summed E-state index contributed by atoms with van der Waals surface area (Å²) in [6.07, 6.45) is 2.76. The van der Waals surface area contributed by atoms with Crippen LogP contribution < -0.4 is 15.4 Å². The molecule has 1 aliphatic heterocycles. The Kier molecular flexibility index (Phi) is 3.36. The number of methoxy groups -OCH3 is 1. The molecule has 0 spiro atoms. The molecule has 5 nitrogen and oxygen atoms in total. The molecule has 1 aromatic heterocycles. The fraction of sp³-hybridized carbons (Fsp3) is 0.667. The third kappa shape index (κ3) is 2.43. The van der Waals surface area contributed by atoms with Crippen LogP contribution in [0.25, 0.3) is 0 Å². The van der Waals surface area contributed by atoms with Gasteiger partial charge in [0, 0.05) is 13.1 Å². The number of aromatic nitrogens is 2. The Morgan fingerprint density at radius 1 is 1.29 bits per heavy atom. The van der Waals surface area contributed by atoms with E-state index >= 15 is 0 Å². The van der Waals surface area contributed by atoms with E-state index < -0.39 is 0 Å². The highest BCUT2D eigenvalue weighted by Gasteiger charge is 2.25. The van der Waals surface area contributed by atoms with Crippen molar-refractivity contribution in [2.75, 3.05) is 30.8 Å². The first-order valence-electron chi connectivity index (χ1n) is 6.01. The van der Waals surface area contributed by atoms with Crippen LogP contribution in [-0.4, -0.2) is 30.2 Å². The van der Waals surface area contributed by atoms with Gasteiger partial charge in [0.15, 0.2) is 11.6 Å². The molecule has 1 fully saturated rings. The summed E-state index contributed by atoms with van der Waals surface area (Å²) in [5, 5.41) is 0. The van der Waals surface area contributed by atoms with Crippen molar-refractivity contribution in [1.82, 2.24) is 9.97 Å². The summed E-state index contributed by atoms with van der Waals surface area (Å²) in [4.78, 5) is 10.5. The molecule has 5 heteroatoms. The number of hydrogen-bond acceptors (Lipinski definition) is 5. The van der Waals surface area contributed by atoms with Crippen molar-refractivity contribution in [2.45, 2.75) is 20.3 Å². The van der Waals surface area contributed by atoms with Gasteiger partial charge < -0.3 is 15.4 Å². The molecule has 1 aliphatic rings. The molecule has 2 N–H and O–H groups in total. The number of anilines is 2. The number of piperidine rings is 1. The summed E-state index contributed by atoms with van der Waals surface area (Å²) in [7, 11) is 1.61. The molecule has 2 heterocycles. The second kappa shape index (κ2) is 4.77. The lowest BCUT2D eigenvalue weighted by Crippen LogP contribution is -2.39. The van der Waals surface area contributed by atoms with Gasteiger partial charge in [-0.1, -0.05) is 13.8 Å². The van der Waals surface area contributed by atoms with Crippen LogP contribution in [0.15, 0.2) is 6.33 Å². The molecular formula is C12H20N4O. The van der Waals surface area contributed by atoms with E-state index in [1.165, 1.54) is 12.7 Å². The van der Waals surface area contributed by atoms with Gasteiger partial charge in [-0.25, -0.2) is 9.97 Å². The molecule has 0 aliphatic carbocycles. The second-order valence-corrected chi connectivity index (χ2v) is 4.97. The van der Waals surface area contributed by atoms with Crippen molar-refractivity contribution in [3.05, 3.63) is 6.33 Å². The van der Waals surface area contributed by atoms with E-state index in [0.717, 1.165) is 18.9 Å². The monoisotopic (exact) mass is 236 g/mol. The molecule has 0 radical (unpaired) electrons. The van der Waals surface area contributed by atoms with Crippen molar-refractivity contribution in [3.63, 3.8) is 0 Å². The largest absolute Gasteiger partial charge is 0.490 e. The number of ether oxygens (including phenoxy) is 1. The molecule has 0 aromatic carbocycles. The SMILES string of the molecule is COc1c(N)ncnc1N1CC(C)CC(C)C1. The van der Waals surface area contributed by atoms with Crippen LogP contribution in [0.2, 0.25) is 0 Å². The Morgan fingerprint density at radius 3 is 2.53 bits per heavy atom. The van der Waals surface area contributed by atoms with Crippen LogP contribution in [0.5, 0.6) is 5.75 Å². The van der Waals surface area contributed by atoms with Crippen molar-refractivity contribution < 1.29 is 4.74 Å². The topological polar surface area (TPSA) is 64.3 Å². The Balaban J connectivity index is 2.30. The zero-order chi connectivity index (χ0) is 12.4. The number of nitrogens with zero attached hydrogens (tertiary/aromatic N) is 3. The first-order chi connectivity index (χ1) is 8.11. The minimum Gasteiger partial charge on any atom is -0.490 e. The van der Waals surface area contributed by atoms with Crippen LogP contribution in [0.3, 0.4) is 0 Å². The molecular weight excluding hydrogens is 216 g/mol. The molecule has 0 saturated carbocycles. The second-order valence-electron chi connectivity index (χ2n) is 4.97. The maximum Gasteiger partial charge on any atom is 0.204 e. The Morgan fingerprint density at radius 2 is 1.94 bits per heavy atom. The van der Waals surface area contributed by atoms with Crippen molar-refractivity contribution in [1.29, 1.82) is 0 Å². The van der Waals surface area contributed by atoms with Crippen LogP contribution in [0, 0.1) is 11.8 Å². The van der Waals surface area contributed by atoms with Crippen molar-refractivity contribution in [2.24, 2.45) is 11.8 Å². The number of nitrogen functional groups attached to an aromatic ring is 1. The molecule has 2 atom stereocenters. The highest BCUT2D eigenvalue weighted by molar-refractivity contribution is 5.62. The quantitative estimate of drug-likeness (QED) is 0.844. The molecule has 1 saturated heterocycles. The third-order valence-electron chi connectivity index (χ3n) is 3.19. The first-order valence-corrected chi connectivity index (χ1v) is 6.01. The van der Waals surface area contributed by atoms with E-state index in [2.05, 4.69) is 28.7 Å². The third-order valence-corrected chi connectivity index (χ3v) is 3.19. The average Bonchev–Trinajstić information content (AvgIpc) is 2.27. The number of nitrogens with two attached hydrogens (primary N) is 1. The maximum atomic E-state index is 5.81. The van der Waals surface area contributed by atoms with E-state index in [0.29, 0.717) is 23.4 Å². The molecule has 0 bridgehead atoms. The highest BCUT2D eigenvalue weighted by Crippen LogP contribution is 2.33.